The molecule has 0 nitrogen and oxygen atoms in total. The van der Waals surface area contributed by atoms with E-state index in [1.807, 2.05) is 60.7 Å². The van der Waals surface area contributed by atoms with Crippen LogP contribution in [0.4, 0.5) is 0 Å². The van der Waals surface area contributed by atoms with Crippen LogP contribution in [0.15, 0.2) is 109 Å². The van der Waals surface area contributed by atoms with Crippen LogP contribution >= 0.6 is 48.9 Å². The van der Waals surface area contributed by atoms with E-state index in [0.717, 1.165) is 41.7 Å². The molecule has 0 aliphatic carbocycles. The molecule has 4 aromatic carbocycles. The quantitative estimate of drug-likeness (QED) is 0.108. The molecule has 0 saturated heterocycles. The van der Waals surface area contributed by atoms with Gasteiger partial charge in [0.15, 0.2) is 0 Å². The van der Waals surface area contributed by atoms with E-state index in [1.54, 1.807) is 0 Å². The van der Waals surface area contributed by atoms with Gasteiger partial charge in [0.25, 0.3) is 0 Å². The van der Waals surface area contributed by atoms with Crippen molar-refractivity contribution in [2.75, 3.05) is 0 Å². The molecular weight excluding hydrogens is 595 g/mol. The first-order valence-electron chi connectivity index (χ1n) is 12.7. The fourth-order valence-corrected chi connectivity index (χ4v) is 4.76. The number of hydrogen-bond acceptors (Lipinski definition) is 4. The van der Waals surface area contributed by atoms with Crippen molar-refractivity contribution in [3.8, 4) is 0 Å². The third-order valence-electron chi connectivity index (χ3n) is 6.16. The summed E-state index contributed by atoms with van der Waals surface area (Å²) in [7, 11) is 0. The van der Waals surface area contributed by atoms with Crippen molar-refractivity contribution in [1.82, 2.24) is 0 Å². The summed E-state index contributed by atoms with van der Waals surface area (Å²) in [6, 6.07) is 36.6. The SMILES string of the molecule is CC(C)c1ccc(C(=S)C(=S)c2ccccc2)cc1.CC(C)c1ccc(C(=S)C(=S)c2ccccc2)cc1.[Ni]. The largest absolute Gasteiger partial charge is 0.0778 e. The van der Waals surface area contributed by atoms with Gasteiger partial charge in [0.1, 0.15) is 0 Å². The Labute approximate surface area is 265 Å². The fourth-order valence-electron chi connectivity index (χ4n) is 3.74. The molecule has 0 bridgehead atoms. The van der Waals surface area contributed by atoms with Gasteiger partial charge in [-0.3, -0.25) is 0 Å². The Morgan fingerprint density at radius 1 is 0.385 bits per heavy atom. The summed E-state index contributed by atoms with van der Waals surface area (Å²) in [4.78, 5) is 2.98. The van der Waals surface area contributed by atoms with Crippen LogP contribution in [-0.2, 0) is 16.5 Å². The van der Waals surface area contributed by atoms with Crippen LogP contribution in [0.3, 0.4) is 0 Å². The monoisotopic (exact) mass is 626 g/mol. The van der Waals surface area contributed by atoms with Crippen LogP contribution in [0.25, 0.3) is 0 Å². The normalized spacial score (nSPS) is 10.2. The Bertz CT molecular complexity index is 1280. The van der Waals surface area contributed by atoms with Crippen LogP contribution in [0.2, 0.25) is 0 Å². The first-order valence-corrected chi connectivity index (χ1v) is 14.3. The molecule has 4 rings (SSSR count). The van der Waals surface area contributed by atoms with Crippen LogP contribution in [0, 0.1) is 0 Å². The van der Waals surface area contributed by atoms with E-state index in [9.17, 15) is 0 Å². The molecule has 0 spiro atoms. The first-order chi connectivity index (χ1) is 18.2. The van der Waals surface area contributed by atoms with Gasteiger partial charge in [-0.1, -0.05) is 186 Å². The van der Waals surface area contributed by atoms with Crippen LogP contribution in [0.5, 0.6) is 0 Å². The third kappa shape index (κ3) is 9.41. The topological polar surface area (TPSA) is 0 Å². The molecule has 0 atom stereocenters. The predicted octanol–water partition coefficient (Wildman–Crippen LogP) is 9.89. The van der Waals surface area contributed by atoms with E-state index in [2.05, 4.69) is 76.2 Å². The average Bonchev–Trinajstić information content (AvgIpc) is 2.97. The minimum Gasteiger partial charge on any atom is -0.0778 e. The number of thiocarbonyl (C=S) groups is 4. The molecule has 0 aliphatic heterocycles. The molecule has 0 unspecified atom stereocenters. The van der Waals surface area contributed by atoms with Gasteiger partial charge >= 0.3 is 0 Å². The molecule has 0 aromatic heterocycles. The molecule has 0 saturated carbocycles. The Morgan fingerprint density at radius 3 is 0.846 bits per heavy atom. The second-order valence-electron chi connectivity index (χ2n) is 9.60. The predicted molar refractivity (Wildman–Crippen MR) is 181 cm³/mol. The van der Waals surface area contributed by atoms with Gasteiger partial charge in [0.05, 0.1) is 19.5 Å². The van der Waals surface area contributed by atoms with Crippen LogP contribution in [0.1, 0.15) is 72.9 Å². The molecule has 4 aromatic rings. The van der Waals surface area contributed by atoms with Gasteiger partial charge in [-0.2, -0.15) is 0 Å². The minimum absolute atomic E-state index is 0. The van der Waals surface area contributed by atoms with E-state index in [0.29, 0.717) is 11.8 Å². The number of benzene rings is 4. The number of hydrogen-bond donors (Lipinski definition) is 0. The second kappa shape index (κ2) is 16.1. The van der Waals surface area contributed by atoms with Gasteiger partial charge < -0.3 is 0 Å². The summed E-state index contributed by atoms with van der Waals surface area (Å²) < 4.78 is 0. The van der Waals surface area contributed by atoms with Crippen molar-refractivity contribution in [1.29, 1.82) is 0 Å². The van der Waals surface area contributed by atoms with Crippen molar-refractivity contribution in [3.05, 3.63) is 143 Å². The molecule has 0 N–H and O–H groups in total. The van der Waals surface area contributed by atoms with Gasteiger partial charge in [0, 0.05) is 16.5 Å². The molecule has 0 fully saturated rings. The zero-order chi connectivity index (χ0) is 27.7. The van der Waals surface area contributed by atoms with E-state index >= 15 is 0 Å². The van der Waals surface area contributed by atoms with Crippen molar-refractivity contribution in [2.45, 2.75) is 39.5 Å². The maximum Gasteiger partial charge on any atom is 0.0636 e. The average molecular weight is 628 g/mol. The smallest absolute Gasteiger partial charge is 0.0636 e. The summed E-state index contributed by atoms with van der Waals surface area (Å²) in [5.41, 5.74) is 6.70. The summed E-state index contributed by atoms with van der Waals surface area (Å²) in [5.74, 6) is 1.06. The zero-order valence-electron chi connectivity index (χ0n) is 22.5. The Kier molecular flexibility index (Phi) is 13.6. The van der Waals surface area contributed by atoms with Gasteiger partial charge in [-0.25, -0.2) is 0 Å². The molecule has 5 heteroatoms. The third-order valence-corrected chi connectivity index (χ3v) is 8.18. The molecule has 0 amide bonds. The van der Waals surface area contributed by atoms with Gasteiger partial charge in [-0.15, -0.1) is 0 Å². The molecule has 202 valence electrons. The molecule has 0 aliphatic rings. The summed E-state index contributed by atoms with van der Waals surface area (Å²) in [5, 5.41) is 0. The number of rotatable bonds is 8. The maximum absolute atomic E-state index is 5.49. The summed E-state index contributed by atoms with van der Waals surface area (Å²) in [6.45, 7) is 8.73. The minimum atomic E-state index is 0. The fraction of sp³-hybridized carbons (Fsp3) is 0.176. The van der Waals surface area contributed by atoms with E-state index < -0.39 is 0 Å². The maximum atomic E-state index is 5.49. The van der Waals surface area contributed by atoms with Gasteiger partial charge in [0.2, 0.25) is 0 Å². The Balaban J connectivity index is 0.000000267. The first kappa shape index (κ1) is 32.9. The van der Waals surface area contributed by atoms with Crippen molar-refractivity contribution in [2.24, 2.45) is 0 Å². The van der Waals surface area contributed by atoms with E-state index in [4.69, 9.17) is 48.9 Å². The summed E-state index contributed by atoms with van der Waals surface area (Å²) in [6.07, 6.45) is 0. The molecule has 0 heterocycles. The Hall–Kier alpha value is -2.27. The van der Waals surface area contributed by atoms with E-state index in [1.165, 1.54) is 11.1 Å². The van der Waals surface area contributed by atoms with Crippen molar-refractivity contribution >= 4 is 68.3 Å². The zero-order valence-corrected chi connectivity index (χ0v) is 26.7. The van der Waals surface area contributed by atoms with Gasteiger partial charge in [-0.05, 0) is 45.2 Å². The van der Waals surface area contributed by atoms with E-state index in [-0.39, 0.29) is 16.5 Å². The van der Waals surface area contributed by atoms with Crippen molar-refractivity contribution in [3.63, 3.8) is 0 Å². The summed E-state index contributed by atoms with van der Waals surface area (Å²) >= 11 is 21.9. The van der Waals surface area contributed by atoms with Crippen LogP contribution in [-0.4, -0.2) is 19.5 Å². The van der Waals surface area contributed by atoms with Crippen LogP contribution < -0.4 is 0 Å². The molecule has 0 radical (unpaired) electrons. The second-order valence-corrected chi connectivity index (χ2v) is 11.2. The standard InChI is InChI=1S/2C17H16S2.Ni/c2*1-12(2)13-8-10-15(11-9-13)17(19)16(18)14-6-4-3-5-7-14;/h2*3-12H,1-2H3;. The molecule has 39 heavy (non-hydrogen) atoms. The van der Waals surface area contributed by atoms with Crippen molar-refractivity contribution < 1.29 is 16.5 Å². The molecular formula is C34H32NiS4. The Morgan fingerprint density at radius 2 is 0.615 bits per heavy atom.